The zero-order valence-corrected chi connectivity index (χ0v) is 17.9. The van der Waals surface area contributed by atoms with Gasteiger partial charge in [0, 0.05) is 37.6 Å². The van der Waals surface area contributed by atoms with Gasteiger partial charge in [0.25, 0.3) is 0 Å². The van der Waals surface area contributed by atoms with E-state index in [4.69, 9.17) is 5.14 Å². The van der Waals surface area contributed by atoms with E-state index in [-0.39, 0.29) is 4.90 Å². The number of piperazine rings is 1. The van der Waals surface area contributed by atoms with Crippen LogP contribution in [-0.2, 0) is 10.0 Å². The van der Waals surface area contributed by atoms with Gasteiger partial charge in [-0.3, -0.25) is 5.43 Å². The maximum atomic E-state index is 11.3. The highest BCUT2D eigenvalue weighted by atomic mass is 32.2. The van der Waals surface area contributed by atoms with E-state index in [0.29, 0.717) is 5.69 Å². The van der Waals surface area contributed by atoms with E-state index in [1.807, 2.05) is 18.2 Å². The molecule has 0 spiro atoms. The topological polar surface area (TPSA) is 91.0 Å². The van der Waals surface area contributed by atoms with Gasteiger partial charge in [0.2, 0.25) is 10.0 Å². The van der Waals surface area contributed by atoms with E-state index in [0.717, 1.165) is 31.7 Å². The number of para-hydroxylation sites is 1. The van der Waals surface area contributed by atoms with Gasteiger partial charge in [-0.25, -0.2) is 13.6 Å². The predicted molar refractivity (Wildman–Crippen MR) is 126 cm³/mol. The first-order chi connectivity index (χ1) is 15.0. The molecule has 0 aromatic heterocycles. The molecule has 0 aliphatic carbocycles. The Bertz CT molecular complexity index is 1120. The lowest BCUT2D eigenvalue weighted by Gasteiger charge is -2.37. The summed E-state index contributed by atoms with van der Waals surface area (Å²) in [5.74, 6) is 0. The lowest BCUT2D eigenvalue weighted by molar-refractivity contribution is 0.598. The fourth-order valence-corrected chi connectivity index (χ4v) is 4.05. The molecule has 0 bridgehead atoms. The van der Waals surface area contributed by atoms with Crippen molar-refractivity contribution in [2.75, 3.05) is 41.4 Å². The summed E-state index contributed by atoms with van der Waals surface area (Å²) in [5.41, 5.74) is 7.02. The number of primary sulfonamides is 1. The van der Waals surface area contributed by atoms with E-state index < -0.39 is 10.0 Å². The van der Waals surface area contributed by atoms with E-state index in [1.54, 1.807) is 18.3 Å². The van der Waals surface area contributed by atoms with Gasteiger partial charge in [-0.2, -0.15) is 5.10 Å². The summed E-state index contributed by atoms with van der Waals surface area (Å²) in [7, 11) is -3.69. The summed E-state index contributed by atoms with van der Waals surface area (Å²) < 4.78 is 22.6. The fraction of sp³-hybridized carbons (Fsp3) is 0.174. The van der Waals surface area contributed by atoms with Crippen LogP contribution in [0, 0.1) is 0 Å². The van der Waals surface area contributed by atoms with Crippen LogP contribution in [0.1, 0.15) is 5.56 Å². The SMILES string of the molecule is NS(=O)(=O)c1ccc(N/N=C/c2ccc(N3CCN(c4ccccc4)CC3)cc2)cc1. The number of nitrogens with two attached hydrogens (primary N) is 1. The quantitative estimate of drug-likeness (QED) is 0.459. The average Bonchev–Trinajstić information content (AvgIpc) is 2.80. The van der Waals surface area contributed by atoms with E-state index >= 15 is 0 Å². The highest BCUT2D eigenvalue weighted by Gasteiger charge is 2.17. The number of benzene rings is 3. The van der Waals surface area contributed by atoms with Gasteiger partial charge in [-0.15, -0.1) is 0 Å². The molecule has 3 aromatic carbocycles. The van der Waals surface area contributed by atoms with Crippen LogP contribution in [0.3, 0.4) is 0 Å². The molecule has 4 rings (SSSR count). The van der Waals surface area contributed by atoms with Gasteiger partial charge in [0.15, 0.2) is 0 Å². The molecule has 31 heavy (non-hydrogen) atoms. The maximum absolute atomic E-state index is 11.3. The van der Waals surface area contributed by atoms with Crippen molar-refractivity contribution in [3.63, 3.8) is 0 Å². The zero-order valence-electron chi connectivity index (χ0n) is 17.1. The number of sulfonamides is 1. The van der Waals surface area contributed by atoms with Crippen LogP contribution in [0.4, 0.5) is 17.1 Å². The van der Waals surface area contributed by atoms with Crippen LogP contribution >= 0.6 is 0 Å². The Morgan fingerprint density at radius 3 is 1.87 bits per heavy atom. The predicted octanol–water partition coefficient (Wildman–Crippen LogP) is 3.11. The third kappa shape index (κ3) is 5.42. The normalized spacial score (nSPS) is 14.7. The number of hydrazone groups is 1. The second-order valence-electron chi connectivity index (χ2n) is 7.34. The highest BCUT2D eigenvalue weighted by Crippen LogP contribution is 2.20. The molecule has 1 aliphatic rings. The molecule has 3 aromatic rings. The van der Waals surface area contributed by atoms with Crippen LogP contribution in [0.5, 0.6) is 0 Å². The first-order valence-corrected chi connectivity index (χ1v) is 11.6. The van der Waals surface area contributed by atoms with Crippen molar-refractivity contribution in [2.24, 2.45) is 10.2 Å². The van der Waals surface area contributed by atoms with Crippen LogP contribution in [0.25, 0.3) is 0 Å². The Morgan fingerprint density at radius 1 is 0.774 bits per heavy atom. The van der Waals surface area contributed by atoms with Crippen LogP contribution in [0.15, 0.2) is 88.9 Å². The molecule has 1 saturated heterocycles. The number of hydrogen-bond acceptors (Lipinski definition) is 6. The lowest BCUT2D eigenvalue weighted by atomic mass is 10.2. The molecule has 160 valence electrons. The third-order valence-electron chi connectivity index (χ3n) is 5.25. The molecular formula is C23H25N5O2S. The standard InChI is InChI=1S/C23H25N5O2S/c24-31(29,30)23-12-8-20(9-13-23)26-25-18-19-6-10-22(11-7-19)28-16-14-27(15-17-28)21-4-2-1-3-5-21/h1-13,18,26H,14-17H2,(H2,24,29,30)/b25-18+. The second-order valence-corrected chi connectivity index (χ2v) is 8.90. The van der Waals surface area contributed by atoms with Gasteiger partial charge in [-0.05, 0) is 54.1 Å². The molecule has 0 radical (unpaired) electrons. The largest absolute Gasteiger partial charge is 0.368 e. The Labute approximate surface area is 182 Å². The Kier molecular flexibility index (Phi) is 6.20. The Hall–Kier alpha value is -3.36. The van der Waals surface area contributed by atoms with Crippen molar-refractivity contribution < 1.29 is 8.42 Å². The summed E-state index contributed by atoms with van der Waals surface area (Å²) in [5, 5.41) is 9.31. The van der Waals surface area contributed by atoms with Crippen molar-refractivity contribution in [3.8, 4) is 0 Å². The summed E-state index contributed by atoms with van der Waals surface area (Å²) in [6.07, 6.45) is 1.73. The van der Waals surface area contributed by atoms with Crippen molar-refractivity contribution in [3.05, 3.63) is 84.4 Å². The van der Waals surface area contributed by atoms with Gasteiger partial charge in [0.05, 0.1) is 16.8 Å². The Morgan fingerprint density at radius 2 is 1.32 bits per heavy atom. The zero-order chi connectivity index (χ0) is 21.7. The minimum Gasteiger partial charge on any atom is -0.368 e. The highest BCUT2D eigenvalue weighted by molar-refractivity contribution is 7.89. The third-order valence-corrected chi connectivity index (χ3v) is 6.18. The van der Waals surface area contributed by atoms with Crippen LogP contribution in [0.2, 0.25) is 0 Å². The molecule has 8 heteroatoms. The molecule has 0 atom stereocenters. The maximum Gasteiger partial charge on any atom is 0.238 e. The lowest BCUT2D eigenvalue weighted by Crippen LogP contribution is -2.46. The number of anilines is 3. The summed E-state index contributed by atoms with van der Waals surface area (Å²) in [4.78, 5) is 4.88. The number of nitrogens with zero attached hydrogens (tertiary/aromatic N) is 3. The minimum atomic E-state index is -3.69. The number of hydrogen-bond donors (Lipinski definition) is 2. The molecule has 7 nitrogen and oxygen atoms in total. The van der Waals surface area contributed by atoms with Crippen molar-refractivity contribution in [2.45, 2.75) is 4.90 Å². The molecule has 1 heterocycles. The number of nitrogens with one attached hydrogen (secondary N) is 1. The van der Waals surface area contributed by atoms with E-state index in [1.165, 1.54) is 23.5 Å². The summed E-state index contributed by atoms with van der Waals surface area (Å²) in [6.45, 7) is 3.97. The van der Waals surface area contributed by atoms with Crippen LogP contribution < -0.4 is 20.4 Å². The molecular weight excluding hydrogens is 410 g/mol. The average molecular weight is 436 g/mol. The molecule has 1 aliphatic heterocycles. The van der Waals surface area contributed by atoms with Crippen LogP contribution in [-0.4, -0.2) is 40.8 Å². The second kappa shape index (κ2) is 9.20. The fourth-order valence-electron chi connectivity index (χ4n) is 3.53. The van der Waals surface area contributed by atoms with Gasteiger partial charge in [-0.1, -0.05) is 30.3 Å². The van der Waals surface area contributed by atoms with E-state index in [9.17, 15) is 8.42 Å². The van der Waals surface area contributed by atoms with Gasteiger partial charge < -0.3 is 9.80 Å². The molecule has 3 N–H and O–H groups in total. The van der Waals surface area contributed by atoms with Crippen molar-refractivity contribution in [1.82, 2.24) is 0 Å². The van der Waals surface area contributed by atoms with Gasteiger partial charge >= 0.3 is 0 Å². The monoisotopic (exact) mass is 435 g/mol. The molecule has 0 saturated carbocycles. The number of rotatable bonds is 6. The van der Waals surface area contributed by atoms with Crippen molar-refractivity contribution >= 4 is 33.3 Å². The minimum absolute atomic E-state index is 0.0715. The summed E-state index contributed by atoms with van der Waals surface area (Å²) >= 11 is 0. The summed E-state index contributed by atoms with van der Waals surface area (Å²) in [6, 6.07) is 24.9. The van der Waals surface area contributed by atoms with Gasteiger partial charge in [0.1, 0.15) is 0 Å². The Balaban J connectivity index is 1.30. The van der Waals surface area contributed by atoms with Crippen molar-refractivity contribution in [1.29, 1.82) is 0 Å². The van der Waals surface area contributed by atoms with E-state index in [2.05, 4.69) is 56.7 Å². The molecule has 1 fully saturated rings. The molecule has 0 amide bonds. The smallest absolute Gasteiger partial charge is 0.238 e. The molecule has 0 unspecified atom stereocenters. The first-order valence-electron chi connectivity index (χ1n) is 10.1. The first kappa shape index (κ1) is 20.9.